The third-order valence-corrected chi connectivity index (χ3v) is 3.82. The first-order valence-corrected chi connectivity index (χ1v) is 5.79. The monoisotopic (exact) mass is 203 g/mol. The van der Waals surface area contributed by atoms with E-state index in [9.17, 15) is 0 Å². The quantitative estimate of drug-likeness (QED) is 0.758. The minimum Gasteiger partial charge on any atom is -0.397 e. The van der Waals surface area contributed by atoms with Crippen molar-refractivity contribution in [3.63, 3.8) is 0 Å². The molecule has 0 amide bonds. The molecule has 80 valence electrons. The van der Waals surface area contributed by atoms with Gasteiger partial charge in [0.1, 0.15) is 5.82 Å². The summed E-state index contributed by atoms with van der Waals surface area (Å²) in [7, 11) is 0. The van der Waals surface area contributed by atoms with Crippen molar-refractivity contribution in [2.45, 2.75) is 19.3 Å². The van der Waals surface area contributed by atoms with E-state index in [1.165, 1.54) is 32.4 Å². The predicted octanol–water partition coefficient (Wildman–Crippen LogP) is 1.90. The number of nitrogens with zero attached hydrogens (tertiary/aromatic N) is 2. The van der Waals surface area contributed by atoms with Gasteiger partial charge in [0.05, 0.1) is 11.9 Å². The zero-order chi connectivity index (χ0) is 10.3. The van der Waals surface area contributed by atoms with Gasteiger partial charge in [0.25, 0.3) is 0 Å². The van der Waals surface area contributed by atoms with Crippen LogP contribution in [-0.4, -0.2) is 18.1 Å². The molecular weight excluding hydrogens is 186 g/mol. The minimum atomic E-state index is 0.748. The van der Waals surface area contributed by atoms with Crippen LogP contribution in [-0.2, 0) is 0 Å². The average molecular weight is 203 g/mol. The van der Waals surface area contributed by atoms with E-state index in [1.807, 2.05) is 12.1 Å². The number of fused-ring (bicyclic) bond motifs is 1. The van der Waals surface area contributed by atoms with E-state index in [2.05, 4.69) is 9.88 Å². The van der Waals surface area contributed by atoms with Crippen LogP contribution in [0.2, 0.25) is 0 Å². The fourth-order valence-electron chi connectivity index (χ4n) is 3.01. The number of hydrogen-bond donors (Lipinski definition) is 1. The van der Waals surface area contributed by atoms with Gasteiger partial charge in [-0.25, -0.2) is 4.98 Å². The second-order valence-corrected chi connectivity index (χ2v) is 4.81. The summed E-state index contributed by atoms with van der Waals surface area (Å²) in [6, 6.07) is 3.98. The molecule has 0 aromatic carbocycles. The summed E-state index contributed by atoms with van der Waals surface area (Å²) in [4.78, 5) is 6.80. The highest BCUT2D eigenvalue weighted by molar-refractivity contribution is 5.46. The maximum Gasteiger partial charge on any atom is 0.128 e. The first-order chi connectivity index (χ1) is 7.33. The summed E-state index contributed by atoms with van der Waals surface area (Å²) < 4.78 is 0. The van der Waals surface area contributed by atoms with Gasteiger partial charge in [-0.3, -0.25) is 0 Å². The molecule has 2 heterocycles. The standard InChI is InChI=1S/C12H17N3/c13-11-4-5-12(14-6-11)15-7-9-2-1-3-10(9)8-15/h4-6,9-10H,1-3,7-8,13H2. The fraction of sp³-hybridized carbons (Fsp3) is 0.583. The van der Waals surface area contributed by atoms with Crippen LogP contribution in [0.25, 0.3) is 0 Å². The summed E-state index contributed by atoms with van der Waals surface area (Å²) >= 11 is 0. The molecule has 1 aliphatic heterocycles. The predicted molar refractivity (Wildman–Crippen MR) is 61.7 cm³/mol. The third kappa shape index (κ3) is 1.56. The number of nitrogen functional groups attached to an aromatic ring is 1. The molecule has 0 radical (unpaired) electrons. The molecule has 15 heavy (non-hydrogen) atoms. The maximum atomic E-state index is 5.64. The van der Waals surface area contributed by atoms with Crippen LogP contribution in [0, 0.1) is 11.8 Å². The van der Waals surface area contributed by atoms with Gasteiger partial charge in [0, 0.05) is 13.1 Å². The number of aromatic nitrogens is 1. The van der Waals surface area contributed by atoms with Crippen molar-refractivity contribution in [1.29, 1.82) is 0 Å². The number of rotatable bonds is 1. The number of pyridine rings is 1. The molecule has 2 unspecified atom stereocenters. The number of nitrogens with two attached hydrogens (primary N) is 1. The summed E-state index contributed by atoms with van der Waals surface area (Å²) in [6.45, 7) is 2.39. The minimum absolute atomic E-state index is 0.748. The molecule has 1 saturated carbocycles. The van der Waals surface area contributed by atoms with Gasteiger partial charge in [-0.1, -0.05) is 6.42 Å². The van der Waals surface area contributed by atoms with Crippen LogP contribution >= 0.6 is 0 Å². The molecule has 1 aliphatic carbocycles. The van der Waals surface area contributed by atoms with E-state index in [0.29, 0.717) is 0 Å². The van der Waals surface area contributed by atoms with Crippen molar-refractivity contribution in [1.82, 2.24) is 4.98 Å². The van der Waals surface area contributed by atoms with Crippen LogP contribution in [0.15, 0.2) is 18.3 Å². The van der Waals surface area contributed by atoms with E-state index in [1.54, 1.807) is 6.20 Å². The van der Waals surface area contributed by atoms with E-state index in [-0.39, 0.29) is 0 Å². The first kappa shape index (κ1) is 9.01. The lowest BCUT2D eigenvalue weighted by atomic mass is 10.0. The molecule has 0 bridgehead atoms. The molecule has 2 aliphatic rings. The Bertz CT molecular complexity index is 334. The highest BCUT2D eigenvalue weighted by Crippen LogP contribution is 2.38. The van der Waals surface area contributed by atoms with Crippen molar-refractivity contribution in [3.05, 3.63) is 18.3 Å². The molecule has 3 heteroatoms. The Kier molecular flexibility index (Phi) is 2.04. The lowest BCUT2D eigenvalue weighted by Crippen LogP contribution is -2.21. The van der Waals surface area contributed by atoms with Crippen molar-refractivity contribution in [2.24, 2.45) is 11.8 Å². The summed E-state index contributed by atoms with van der Waals surface area (Å²) in [5.74, 6) is 2.94. The van der Waals surface area contributed by atoms with Gasteiger partial charge in [-0.15, -0.1) is 0 Å². The second-order valence-electron chi connectivity index (χ2n) is 4.81. The second kappa shape index (κ2) is 3.40. The van der Waals surface area contributed by atoms with E-state index in [4.69, 9.17) is 5.73 Å². The van der Waals surface area contributed by atoms with E-state index >= 15 is 0 Å². The Morgan fingerprint density at radius 3 is 2.53 bits per heavy atom. The molecule has 2 fully saturated rings. The maximum absolute atomic E-state index is 5.64. The molecule has 1 aromatic rings. The molecule has 2 atom stereocenters. The molecular formula is C12H17N3. The van der Waals surface area contributed by atoms with Crippen LogP contribution < -0.4 is 10.6 Å². The van der Waals surface area contributed by atoms with Crippen molar-refractivity contribution in [2.75, 3.05) is 23.7 Å². The Morgan fingerprint density at radius 1 is 1.20 bits per heavy atom. The Labute approximate surface area is 90.3 Å². The van der Waals surface area contributed by atoms with Crippen molar-refractivity contribution >= 4 is 11.5 Å². The van der Waals surface area contributed by atoms with Gasteiger partial charge >= 0.3 is 0 Å². The largest absolute Gasteiger partial charge is 0.397 e. The van der Waals surface area contributed by atoms with Gasteiger partial charge in [-0.2, -0.15) is 0 Å². The van der Waals surface area contributed by atoms with Gasteiger partial charge in [0.2, 0.25) is 0 Å². The lowest BCUT2D eigenvalue weighted by molar-refractivity contribution is 0.494. The van der Waals surface area contributed by atoms with Crippen LogP contribution in [0.4, 0.5) is 11.5 Å². The molecule has 1 aromatic heterocycles. The summed E-state index contributed by atoms with van der Waals surface area (Å²) in [5.41, 5.74) is 6.38. The van der Waals surface area contributed by atoms with Crippen molar-refractivity contribution in [3.8, 4) is 0 Å². The SMILES string of the molecule is Nc1ccc(N2CC3CCCC3C2)nc1. The Hall–Kier alpha value is -1.25. The van der Waals surface area contributed by atoms with Crippen molar-refractivity contribution < 1.29 is 0 Å². The van der Waals surface area contributed by atoms with Gasteiger partial charge < -0.3 is 10.6 Å². The normalized spacial score (nSPS) is 29.5. The molecule has 2 N–H and O–H groups in total. The smallest absolute Gasteiger partial charge is 0.128 e. The Morgan fingerprint density at radius 2 is 1.93 bits per heavy atom. The summed E-state index contributed by atoms with van der Waals surface area (Å²) in [5, 5.41) is 0. The Balaban J connectivity index is 1.76. The average Bonchev–Trinajstić information content (AvgIpc) is 2.78. The highest BCUT2D eigenvalue weighted by atomic mass is 15.2. The van der Waals surface area contributed by atoms with Crippen LogP contribution in [0.5, 0.6) is 0 Å². The highest BCUT2D eigenvalue weighted by Gasteiger charge is 2.36. The molecule has 1 saturated heterocycles. The third-order valence-electron chi connectivity index (χ3n) is 3.82. The molecule has 3 rings (SSSR count). The van der Waals surface area contributed by atoms with Crippen LogP contribution in [0.1, 0.15) is 19.3 Å². The molecule has 0 spiro atoms. The number of hydrogen-bond acceptors (Lipinski definition) is 3. The van der Waals surface area contributed by atoms with E-state index < -0.39 is 0 Å². The van der Waals surface area contributed by atoms with E-state index in [0.717, 1.165) is 23.3 Å². The zero-order valence-electron chi connectivity index (χ0n) is 8.89. The van der Waals surface area contributed by atoms with Crippen LogP contribution in [0.3, 0.4) is 0 Å². The first-order valence-electron chi connectivity index (χ1n) is 5.79. The van der Waals surface area contributed by atoms with Gasteiger partial charge in [-0.05, 0) is 36.8 Å². The topological polar surface area (TPSA) is 42.1 Å². The number of anilines is 2. The zero-order valence-corrected chi connectivity index (χ0v) is 8.89. The summed E-state index contributed by atoms with van der Waals surface area (Å²) in [6.07, 6.45) is 6.01. The lowest BCUT2D eigenvalue weighted by Gasteiger charge is -2.18. The van der Waals surface area contributed by atoms with Gasteiger partial charge in [0.15, 0.2) is 0 Å². The molecule has 3 nitrogen and oxygen atoms in total. The fourth-order valence-corrected chi connectivity index (χ4v) is 3.01.